The van der Waals surface area contributed by atoms with E-state index in [1.807, 2.05) is 6.07 Å². The van der Waals surface area contributed by atoms with Crippen molar-refractivity contribution in [2.75, 3.05) is 59.7 Å². The minimum absolute atomic E-state index is 0.279. The van der Waals surface area contributed by atoms with Gasteiger partial charge in [0.15, 0.2) is 11.5 Å². The summed E-state index contributed by atoms with van der Waals surface area (Å²) in [7, 11) is 1.59. The Morgan fingerprint density at radius 1 is 1.08 bits per heavy atom. The fourth-order valence-corrected chi connectivity index (χ4v) is 3.14. The van der Waals surface area contributed by atoms with Crippen molar-refractivity contribution in [3.63, 3.8) is 0 Å². The predicted octanol–water partition coefficient (Wildman–Crippen LogP) is 2.26. The quantitative estimate of drug-likeness (QED) is 0.699. The monoisotopic (exact) mass is 368 g/mol. The molecule has 1 aliphatic heterocycles. The maximum Gasteiger partial charge on any atom is 0.163 e. The number of rotatable bonds is 7. The maximum atomic E-state index is 12.4. The largest absolute Gasteiger partial charge is 0.493 e. The number of nitrogens with zero attached hydrogens (tertiary/aromatic N) is 4. The van der Waals surface area contributed by atoms with Gasteiger partial charge in [0.05, 0.1) is 12.6 Å². The third kappa shape index (κ3) is 4.48. The van der Waals surface area contributed by atoms with Crippen molar-refractivity contribution in [2.24, 2.45) is 0 Å². The molecule has 0 aliphatic carbocycles. The van der Waals surface area contributed by atoms with Crippen molar-refractivity contribution < 1.29 is 13.9 Å². The van der Waals surface area contributed by atoms with Crippen molar-refractivity contribution in [1.29, 1.82) is 0 Å². The SMILES string of the molecule is COc1cc2c(Cl)ncnc2cc1OCCN1CCN(CCF)CC1. The summed E-state index contributed by atoms with van der Waals surface area (Å²) in [6, 6.07) is 3.61. The highest BCUT2D eigenvalue weighted by molar-refractivity contribution is 6.34. The van der Waals surface area contributed by atoms with Crippen molar-refractivity contribution in [3.8, 4) is 11.5 Å². The molecule has 0 saturated carbocycles. The van der Waals surface area contributed by atoms with E-state index < -0.39 is 0 Å². The van der Waals surface area contributed by atoms with E-state index in [1.165, 1.54) is 6.33 Å². The number of alkyl halides is 1. The highest BCUT2D eigenvalue weighted by Crippen LogP contribution is 2.33. The Bertz CT molecular complexity index is 710. The predicted molar refractivity (Wildman–Crippen MR) is 95.5 cm³/mol. The summed E-state index contributed by atoms with van der Waals surface area (Å²) in [6.07, 6.45) is 1.43. The Labute approximate surface area is 151 Å². The van der Waals surface area contributed by atoms with Gasteiger partial charge in [-0.2, -0.15) is 0 Å². The highest BCUT2D eigenvalue weighted by Gasteiger charge is 2.17. The van der Waals surface area contributed by atoms with Crippen molar-refractivity contribution in [3.05, 3.63) is 23.6 Å². The van der Waals surface area contributed by atoms with Crippen LogP contribution in [0.3, 0.4) is 0 Å². The van der Waals surface area contributed by atoms with E-state index >= 15 is 0 Å². The molecule has 1 aliphatic rings. The lowest BCUT2D eigenvalue weighted by Crippen LogP contribution is -2.47. The molecule has 6 nitrogen and oxygen atoms in total. The minimum atomic E-state index is -0.279. The van der Waals surface area contributed by atoms with Crippen LogP contribution in [-0.4, -0.2) is 79.4 Å². The third-order valence-corrected chi connectivity index (χ3v) is 4.70. The third-order valence-electron chi connectivity index (χ3n) is 4.40. The number of piperazine rings is 1. The van der Waals surface area contributed by atoms with Gasteiger partial charge in [0.1, 0.15) is 24.8 Å². The van der Waals surface area contributed by atoms with E-state index in [9.17, 15) is 4.39 Å². The van der Waals surface area contributed by atoms with Gasteiger partial charge >= 0.3 is 0 Å². The number of fused-ring (bicyclic) bond motifs is 1. The van der Waals surface area contributed by atoms with Gasteiger partial charge in [-0.05, 0) is 6.07 Å². The summed E-state index contributed by atoms with van der Waals surface area (Å²) in [5, 5.41) is 1.12. The van der Waals surface area contributed by atoms with Crippen molar-refractivity contribution in [1.82, 2.24) is 19.8 Å². The Morgan fingerprint density at radius 3 is 2.48 bits per heavy atom. The highest BCUT2D eigenvalue weighted by atomic mass is 35.5. The summed E-state index contributed by atoms with van der Waals surface area (Å²) in [6.45, 7) is 5.28. The van der Waals surface area contributed by atoms with Crippen LogP contribution in [0.15, 0.2) is 18.5 Å². The summed E-state index contributed by atoms with van der Waals surface area (Å²) in [5.41, 5.74) is 0.718. The summed E-state index contributed by atoms with van der Waals surface area (Å²) in [4.78, 5) is 12.7. The van der Waals surface area contributed by atoms with Crippen LogP contribution in [0.2, 0.25) is 5.15 Å². The number of ether oxygens (including phenoxy) is 2. The average Bonchev–Trinajstić information content (AvgIpc) is 2.63. The van der Waals surface area contributed by atoms with E-state index in [-0.39, 0.29) is 6.67 Å². The number of hydrogen-bond acceptors (Lipinski definition) is 6. The van der Waals surface area contributed by atoms with Crippen LogP contribution < -0.4 is 9.47 Å². The van der Waals surface area contributed by atoms with Gasteiger partial charge in [-0.25, -0.2) is 14.4 Å². The van der Waals surface area contributed by atoms with Gasteiger partial charge in [-0.3, -0.25) is 9.80 Å². The lowest BCUT2D eigenvalue weighted by atomic mass is 10.2. The van der Waals surface area contributed by atoms with Crippen LogP contribution in [0, 0.1) is 0 Å². The molecule has 1 saturated heterocycles. The molecule has 0 N–H and O–H groups in total. The molecule has 1 aromatic heterocycles. The van der Waals surface area contributed by atoms with Gasteiger partial charge in [0.2, 0.25) is 0 Å². The Balaban J connectivity index is 1.58. The van der Waals surface area contributed by atoms with E-state index in [0.29, 0.717) is 29.8 Å². The molecule has 8 heteroatoms. The van der Waals surface area contributed by atoms with Crippen LogP contribution >= 0.6 is 11.6 Å². The lowest BCUT2D eigenvalue weighted by molar-refractivity contribution is 0.111. The van der Waals surface area contributed by atoms with Gasteiger partial charge in [-0.1, -0.05) is 11.6 Å². The van der Waals surface area contributed by atoms with E-state index in [0.717, 1.165) is 43.6 Å². The molecule has 0 spiro atoms. The molecule has 0 bridgehead atoms. The van der Waals surface area contributed by atoms with Gasteiger partial charge in [-0.15, -0.1) is 0 Å². The molecule has 3 rings (SSSR count). The smallest absolute Gasteiger partial charge is 0.163 e. The second kappa shape index (κ2) is 8.60. The first-order valence-corrected chi connectivity index (χ1v) is 8.71. The Morgan fingerprint density at radius 2 is 1.80 bits per heavy atom. The van der Waals surface area contributed by atoms with Gasteiger partial charge in [0.25, 0.3) is 0 Å². The molecule has 0 atom stereocenters. The molecular formula is C17H22ClFN4O2. The number of aromatic nitrogens is 2. The number of hydrogen-bond donors (Lipinski definition) is 0. The number of methoxy groups -OCH3 is 1. The maximum absolute atomic E-state index is 12.4. The zero-order chi connectivity index (χ0) is 17.6. The van der Waals surface area contributed by atoms with Crippen LogP contribution in [0.5, 0.6) is 11.5 Å². The fraction of sp³-hybridized carbons (Fsp3) is 0.529. The summed E-state index contributed by atoms with van der Waals surface area (Å²) >= 11 is 6.10. The van der Waals surface area contributed by atoms with Crippen LogP contribution in [-0.2, 0) is 0 Å². The van der Waals surface area contributed by atoms with Crippen LogP contribution in [0.25, 0.3) is 10.9 Å². The molecule has 25 heavy (non-hydrogen) atoms. The van der Waals surface area contributed by atoms with E-state index in [4.69, 9.17) is 21.1 Å². The van der Waals surface area contributed by atoms with E-state index in [2.05, 4.69) is 19.8 Å². The average molecular weight is 369 g/mol. The minimum Gasteiger partial charge on any atom is -0.493 e. The van der Waals surface area contributed by atoms with Crippen molar-refractivity contribution >= 4 is 22.5 Å². The first-order valence-electron chi connectivity index (χ1n) is 8.33. The zero-order valence-electron chi connectivity index (χ0n) is 14.3. The Kier molecular flexibility index (Phi) is 6.23. The second-order valence-electron chi connectivity index (χ2n) is 5.91. The van der Waals surface area contributed by atoms with Crippen LogP contribution in [0.1, 0.15) is 0 Å². The van der Waals surface area contributed by atoms with Gasteiger partial charge < -0.3 is 9.47 Å². The van der Waals surface area contributed by atoms with Crippen LogP contribution in [0.4, 0.5) is 4.39 Å². The molecule has 0 unspecified atom stereocenters. The van der Waals surface area contributed by atoms with E-state index in [1.54, 1.807) is 13.2 Å². The molecule has 2 heterocycles. The Hall–Kier alpha value is -1.70. The van der Waals surface area contributed by atoms with Gasteiger partial charge in [0, 0.05) is 50.7 Å². The standard InChI is InChI=1S/C17H22ClFN4O2/c1-24-15-10-13-14(20-12-21-17(13)18)11-16(15)25-9-8-23-6-4-22(3-2-19)5-7-23/h10-12H,2-9H2,1H3. The molecule has 0 amide bonds. The first-order chi connectivity index (χ1) is 12.2. The molecule has 1 aromatic carbocycles. The zero-order valence-corrected chi connectivity index (χ0v) is 15.0. The normalized spacial score (nSPS) is 16.3. The molecule has 0 radical (unpaired) electrons. The number of benzene rings is 1. The lowest BCUT2D eigenvalue weighted by Gasteiger charge is -2.34. The first kappa shape index (κ1) is 18.1. The molecule has 1 fully saturated rings. The second-order valence-corrected chi connectivity index (χ2v) is 6.26. The molecule has 2 aromatic rings. The molecule has 136 valence electrons. The van der Waals surface area contributed by atoms with Crippen molar-refractivity contribution in [2.45, 2.75) is 0 Å². The summed E-state index contributed by atoms with van der Waals surface area (Å²) in [5.74, 6) is 1.25. The molecular weight excluding hydrogens is 347 g/mol. The fourth-order valence-electron chi connectivity index (χ4n) is 2.95. The number of halogens is 2. The topological polar surface area (TPSA) is 50.7 Å². The summed E-state index contributed by atoms with van der Waals surface area (Å²) < 4.78 is 23.7.